The van der Waals surface area contributed by atoms with Gasteiger partial charge in [-0.05, 0) is 46.5 Å². The van der Waals surface area contributed by atoms with E-state index in [0.29, 0.717) is 12.6 Å². The van der Waals surface area contributed by atoms with Crippen molar-refractivity contribution in [1.82, 2.24) is 9.80 Å². The molecule has 1 heterocycles. The number of hydrogen-bond acceptors (Lipinski definition) is 4. The minimum absolute atomic E-state index is 0.184. The van der Waals surface area contributed by atoms with Crippen LogP contribution in [0.4, 0.5) is 4.79 Å². The van der Waals surface area contributed by atoms with E-state index in [9.17, 15) is 9.59 Å². The van der Waals surface area contributed by atoms with Crippen LogP contribution in [0.5, 0.6) is 0 Å². The molecule has 1 aliphatic heterocycles. The van der Waals surface area contributed by atoms with Crippen LogP contribution in [0.2, 0.25) is 0 Å². The number of likely N-dealkylation sites (tertiary alicyclic amines) is 1. The maximum atomic E-state index is 12.4. The lowest BCUT2D eigenvalue weighted by Crippen LogP contribution is -2.50. The van der Waals surface area contributed by atoms with Crippen molar-refractivity contribution in [3.8, 4) is 0 Å². The summed E-state index contributed by atoms with van der Waals surface area (Å²) in [5, 5.41) is 8.75. The Morgan fingerprint density at radius 1 is 1.14 bits per heavy atom. The largest absolute Gasteiger partial charge is 0.481 e. The Morgan fingerprint density at radius 2 is 1.68 bits per heavy atom. The highest BCUT2D eigenvalue weighted by Gasteiger charge is 2.40. The van der Waals surface area contributed by atoms with Crippen molar-refractivity contribution >= 4 is 12.1 Å². The monoisotopic (exact) mass is 312 g/mol. The van der Waals surface area contributed by atoms with E-state index in [0.717, 1.165) is 38.8 Å². The third-order valence-corrected chi connectivity index (χ3v) is 4.14. The van der Waals surface area contributed by atoms with Crippen LogP contribution < -0.4 is 0 Å². The first-order valence-corrected chi connectivity index (χ1v) is 8.22. The van der Waals surface area contributed by atoms with Gasteiger partial charge >= 0.3 is 12.1 Å². The summed E-state index contributed by atoms with van der Waals surface area (Å²) >= 11 is 0. The van der Waals surface area contributed by atoms with Crippen molar-refractivity contribution in [3.05, 3.63) is 0 Å². The van der Waals surface area contributed by atoms with Crippen molar-refractivity contribution in [2.45, 2.75) is 70.6 Å². The van der Waals surface area contributed by atoms with Crippen LogP contribution in [0, 0.1) is 0 Å². The van der Waals surface area contributed by atoms with Gasteiger partial charge in [-0.25, -0.2) is 4.79 Å². The molecule has 1 saturated carbocycles. The molecule has 1 amide bonds. The van der Waals surface area contributed by atoms with Crippen molar-refractivity contribution in [2.75, 3.05) is 19.6 Å². The number of rotatable bonds is 5. The number of piperidine rings is 1. The van der Waals surface area contributed by atoms with Crippen LogP contribution in [-0.2, 0) is 9.53 Å². The van der Waals surface area contributed by atoms with Gasteiger partial charge in [0.2, 0.25) is 0 Å². The number of nitrogens with zero attached hydrogens (tertiary/aromatic N) is 2. The second-order valence-electron chi connectivity index (χ2n) is 7.34. The molecule has 0 atom stereocenters. The molecule has 2 rings (SSSR count). The molecule has 0 bridgehead atoms. The molecule has 0 radical (unpaired) electrons. The maximum absolute atomic E-state index is 12.4. The maximum Gasteiger partial charge on any atom is 0.410 e. The number of carboxylic acid groups (broad SMARTS) is 1. The molecule has 0 aromatic rings. The Labute approximate surface area is 132 Å². The van der Waals surface area contributed by atoms with Crippen molar-refractivity contribution in [3.63, 3.8) is 0 Å². The minimum atomic E-state index is -0.754. The van der Waals surface area contributed by atoms with Crippen LogP contribution in [0.25, 0.3) is 0 Å². The highest BCUT2D eigenvalue weighted by atomic mass is 16.6. The molecule has 1 aliphatic carbocycles. The molecule has 22 heavy (non-hydrogen) atoms. The highest BCUT2D eigenvalue weighted by molar-refractivity contribution is 5.69. The van der Waals surface area contributed by atoms with Gasteiger partial charge in [0.25, 0.3) is 0 Å². The predicted molar refractivity (Wildman–Crippen MR) is 82.8 cm³/mol. The fourth-order valence-corrected chi connectivity index (χ4v) is 2.94. The lowest BCUT2D eigenvalue weighted by Gasteiger charge is -2.39. The summed E-state index contributed by atoms with van der Waals surface area (Å²) in [5.41, 5.74) is -0.466. The number of aliphatic carboxylic acids is 1. The first-order chi connectivity index (χ1) is 10.3. The van der Waals surface area contributed by atoms with E-state index in [2.05, 4.69) is 4.90 Å². The molecule has 6 heteroatoms. The average molecular weight is 312 g/mol. The van der Waals surface area contributed by atoms with Crippen LogP contribution in [-0.4, -0.2) is 64.3 Å². The molecule has 2 fully saturated rings. The van der Waals surface area contributed by atoms with Gasteiger partial charge in [0.15, 0.2) is 0 Å². The first kappa shape index (κ1) is 17.1. The van der Waals surface area contributed by atoms with Gasteiger partial charge in [0.1, 0.15) is 5.60 Å². The average Bonchev–Trinajstić information content (AvgIpc) is 3.20. The standard InChI is InChI=1S/C16H28N2O4/c1-16(2,3)22-15(21)18(12-4-5-12)13-6-9-17(10-7-13)11-8-14(19)20/h12-13H,4-11H2,1-3H3,(H,19,20). The number of carbonyl (C=O) groups excluding carboxylic acids is 1. The van der Waals surface area contributed by atoms with Gasteiger partial charge in [-0.1, -0.05) is 0 Å². The van der Waals surface area contributed by atoms with E-state index in [1.165, 1.54) is 0 Å². The third kappa shape index (κ3) is 5.16. The zero-order valence-corrected chi connectivity index (χ0v) is 13.9. The Hall–Kier alpha value is -1.30. The predicted octanol–water partition coefficient (Wildman–Crippen LogP) is 2.33. The molecule has 0 aromatic carbocycles. The van der Waals surface area contributed by atoms with Crippen LogP contribution >= 0.6 is 0 Å². The van der Waals surface area contributed by atoms with Gasteiger partial charge in [-0.15, -0.1) is 0 Å². The first-order valence-electron chi connectivity index (χ1n) is 8.22. The quantitative estimate of drug-likeness (QED) is 0.843. The summed E-state index contributed by atoms with van der Waals surface area (Å²) in [6.45, 7) is 7.98. The molecule has 0 aromatic heterocycles. The molecule has 2 aliphatic rings. The second-order valence-corrected chi connectivity index (χ2v) is 7.34. The molecule has 0 unspecified atom stereocenters. The number of carbonyl (C=O) groups is 2. The normalized spacial score (nSPS) is 20.7. The fourth-order valence-electron chi connectivity index (χ4n) is 2.94. The van der Waals surface area contributed by atoms with E-state index >= 15 is 0 Å². The summed E-state index contributed by atoms with van der Waals surface area (Å²) < 4.78 is 5.56. The molecule has 6 nitrogen and oxygen atoms in total. The van der Waals surface area contributed by atoms with E-state index in [4.69, 9.17) is 9.84 Å². The number of hydrogen-bond donors (Lipinski definition) is 1. The zero-order chi connectivity index (χ0) is 16.3. The number of carboxylic acids is 1. The minimum Gasteiger partial charge on any atom is -0.481 e. The fraction of sp³-hybridized carbons (Fsp3) is 0.875. The van der Waals surface area contributed by atoms with E-state index in [1.54, 1.807) is 0 Å². The Bertz CT molecular complexity index is 407. The third-order valence-electron chi connectivity index (χ3n) is 4.14. The topological polar surface area (TPSA) is 70.1 Å². The summed E-state index contributed by atoms with van der Waals surface area (Å²) in [4.78, 5) is 27.2. The van der Waals surface area contributed by atoms with E-state index in [1.807, 2.05) is 25.7 Å². The second kappa shape index (κ2) is 6.86. The van der Waals surface area contributed by atoms with Crippen LogP contribution in [0.3, 0.4) is 0 Å². The molecule has 126 valence electrons. The van der Waals surface area contributed by atoms with E-state index in [-0.39, 0.29) is 18.6 Å². The van der Waals surface area contributed by atoms with E-state index < -0.39 is 11.6 Å². The van der Waals surface area contributed by atoms with Gasteiger partial charge < -0.3 is 19.6 Å². The zero-order valence-electron chi connectivity index (χ0n) is 13.9. The summed E-state index contributed by atoms with van der Waals surface area (Å²) in [6, 6.07) is 0.564. The molecular weight excluding hydrogens is 284 g/mol. The SMILES string of the molecule is CC(C)(C)OC(=O)N(C1CC1)C1CCN(CCC(=O)O)CC1. The highest BCUT2D eigenvalue weighted by Crippen LogP contribution is 2.33. The Balaban J connectivity index is 1.86. The smallest absolute Gasteiger partial charge is 0.410 e. The van der Waals surface area contributed by atoms with Crippen molar-refractivity contribution in [1.29, 1.82) is 0 Å². The summed E-state index contributed by atoms with van der Waals surface area (Å²) in [7, 11) is 0. The van der Waals surface area contributed by atoms with Crippen LogP contribution in [0.15, 0.2) is 0 Å². The van der Waals surface area contributed by atoms with Gasteiger partial charge in [0.05, 0.1) is 6.42 Å². The lowest BCUT2D eigenvalue weighted by molar-refractivity contribution is -0.137. The Kier molecular flexibility index (Phi) is 5.32. The molecule has 1 N–H and O–H groups in total. The Morgan fingerprint density at radius 3 is 2.14 bits per heavy atom. The molecular formula is C16H28N2O4. The molecule has 0 spiro atoms. The lowest BCUT2D eigenvalue weighted by atomic mass is 10.0. The van der Waals surface area contributed by atoms with Gasteiger partial charge in [0, 0.05) is 31.7 Å². The number of amides is 1. The summed E-state index contributed by atoms with van der Waals surface area (Å²) in [6.07, 6.45) is 3.92. The van der Waals surface area contributed by atoms with Crippen LogP contribution in [0.1, 0.15) is 52.9 Å². The van der Waals surface area contributed by atoms with Gasteiger partial charge in [-0.2, -0.15) is 0 Å². The number of ether oxygens (including phenoxy) is 1. The molecule has 1 saturated heterocycles. The summed E-state index contributed by atoms with van der Waals surface area (Å²) in [5.74, 6) is -0.754. The van der Waals surface area contributed by atoms with Gasteiger partial charge in [-0.3, -0.25) is 4.79 Å². The van der Waals surface area contributed by atoms with Crippen molar-refractivity contribution in [2.24, 2.45) is 0 Å². The van der Waals surface area contributed by atoms with Crippen molar-refractivity contribution < 1.29 is 19.4 Å².